The number of para-hydroxylation sites is 2. The van der Waals surface area contributed by atoms with E-state index >= 15 is 0 Å². The Morgan fingerprint density at radius 1 is 1.11 bits per heavy atom. The van der Waals surface area contributed by atoms with Gasteiger partial charge < -0.3 is 20.3 Å². The molecule has 0 bridgehead atoms. The predicted molar refractivity (Wildman–Crippen MR) is 111 cm³/mol. The summed E-state index contributed by atoms with van der Waals surface area (Å²) in [4.78, 5) is 26.5. The molecule has 1 heterocycles. The Labute approximate surface area is 165 Å². The van der Waals surface area contributed by atoms with Crippen molar-refractivity contribution in [3.63, 3.8) is 0 Å². The highest BCUT2D eigenvalue weighted by Gasteiger charge is 2.31. The molecule has 0 spiro atoms. The van der Waals surface area contributed by atoms with E-state index in [1.54, 1.807) is 13.1 Å². The largest absolute Gasteiger partial charge is 0.477 e. The first-order valence-electron chi connectivity index (χ1n) is 9.40. The number of anilines is 2. The van der Waals surface area contributed by atoms with Crippen LogP contribution >= 0.6 is 0 Å². The van der Waals surface area contributed by atoms with Gasteiger partial charge >= 0.3 is 0 Å². The maximum atomic E-state index is 12.6. The molecule has 0 aromatic heterocycles. The van der Waals surface area contributed by atoms with E-state index in [4.69, 9.17) is 4.74 Å². The summed E-state index contributed by atoms with van der Waals surface area (Å²) in [5.41, 5.74) is 2.83. The van der Waals surface area contributed by atoms with Gasteiger partial charge in [0.25, 0.3) is 5.91 Å². The Kier molecular flexibility index (Phi) is 5.58. The number of hydrogen-bond acceptors (Lipinski definition) is 4. The van der Waals surface area contributed by atoms with Gasteiger partial charge in [-0.15, -0.1) is 0 Å². The van der Waals surface area contributed by atoms with Crippen LogP contribution in [0.15, 0.2) is 48.5 Å². The summed E-state index contributed by atoms with van der Waals surface area (Å²) in [6.07, 6.45) is -0.654. The summed E-state index contributed by atoms with van der Waals surface area (Å²) in [7, 11) is 1.57. The molecule has 2 aromatic rings. The molecule has 0 saturated carbocycles. The summed E-state index contributed by atoms with van der Waals surface area (Å²) < 4.78 is 5.77. The van der Waals surface area contributed by atoms with E-state index in [0.29, 0.717) is 12.3 Å². The van der Waals surface area contributed by atoms with Gasteiger partial charge in [0.15, 0.2) is 6.10 Å². The number of amides is 2. The second-order valence-electron chi connectivity index (χ2n) is 7.94. The highest BCUT2D eigenvalue weighted by molar-refractivity contribution is 5.95. The summed E-state index contributed by atoms with van der Waals surface area (Å²) in [6, 6.07) is 15.3. The van der Waals surface area contributed by atoms with Gasteiger partial charge in [-0.1, -0.05) is 45.0 Å². The minimum Gasteiger partial charge on any atom is -0.477 e. The van der Waals surface area contributed by atoms with E-state index in [1.807, 2.05) is 47.4 Å². The minimum absolute atomic E-state index is 0.0644. The number of carbonyl (C=O) groups excluding carboxylic acids is 2. The number of nitrogens with zero attached hydrogens (tertiary/aromatic N) is 1. The molecule has 6 heteroatoms. The van der Waals surface area contributed by atoms with Crippen LogP contribution in [-0.2, 0) is 15.0 Å². The lowest BCUT2D eigenvalue weighted by Gasteiger charge is -2.35. The van der Waals surface area contributed by atoms with Crippen molar-refractivity contribution in [1.82, 2.24) is 5.32 Å². The number of likely N-dealkylation sites (N-methyl/N-ethyl adjacent to an activating group) is 1. The van der Waals surface area contributed by atoms with Crippen molar-refractivity contribution in [1.29, 1.82) is 0 Å². The molecule has 1 aliphatic heterocycles. The van der Waals surface area contributed by atoms with Gasteiger partial charge in [-0.25, -0.2) is 0 Å². The van der Waals surface area contributed by atoms with Crippen molar-refractivity contribution in [2.45, 2.75) is 32.3 Å². The van der Waals surface area contributed by atoms with Gasteiger partial charge in [0.1, 0.15) is 5.75 Å². The molecule has 0 radical (unpaired) electrons. The summed E-state index contributed by atoms with van der Waals surface area (Å²) in [5, 5.41) is 5.54. The molecular formula is C22H27N3O3. The average molecular weight is 381 g/mol. The van der Waals surface area contributed by atoms with Crippen LogP contribution < -0.4 is 20.3 Å². The van der Waals surface area contributed by atoms with E-state index < -0.39 is 6.10 Å². The summed E-state index contributed by atoms with van der Waals surface area (Å²) in [5.74, 6) is 0.248. The molecule has 2 amide bonds. The van der Waals surface area contributed by atoms with Crippen LogP contribution in [-0.4, -0.2) is 38.1 Å². The Bertz CT molecular complexity index is 856. The number of fused-ring (bicyclic) bond motifs is 1. The zero-order valence-electron chi connectivity index (χ0n) is 16.8. The molecular weight excluding hydrogens is 354 g/mol. The molecule has 28 heavy (non-hydrogen) atoms. The number of rotatable bonds is 4. The van der Waals surface area contributed by atoms with Crippen molar-refractivity contribution in [3.05, 3.63) is 54.1 Å². The van der Waals surface area contributed by atoms with Gasteiger partial charge in [0, 0.05) is 12.7 Å². The quantitative estimate of drug-likeness (QED) is 0.854. The second kappa shape index (κ2) is 7.92. The van der Waals surface area contributed by atoms with Crippen molar-refractivity contribution >= 4 is 23.2 Å². The van der Waals surface area contributed by atoms with Gasteiger partial charge in [0.2, 0.25) is 5.91 Å². The fourth-order valence-electron chi connectivity index (χ4n) is 3.18. The molecule has 2 aromatic carbocycles. The van der Waals surface area contributed by atoms with Gasteiger partial charge in [-0.3, -0.25) is 9.59 Å². The number of benzene rings is 2. The number of ether oxygens (including phenoxy) is 1. The normalized spacial score (nSPS) is 16.0. The van der Waals surface area contributed by atoms with Crippen molar-refractivity contribution < 1.29 is 14.3 Å². The van der Waals surface area contributed by atoms with Gasteiger partial charge in [0.05, 0.1) is 18.8 Å². The molecule has 148 valence electrons. The molecule has 3 rings (SSSR count). The lowest BCUT2D eigenvalue weighted by molar-refractivity contribution is -0.127. The van der Waals surface area contributed by atoms with Crippen LogP contribution in [0.1, 0.15) is 26.3 Å². The molecule has 2 N–H and O–H groups in total. The maximum Gasteiger partial charge on any atom is 0.262 e. The number of nitrogens with one attached hydrogen (secondary N) is 2. The zero-order chi connectivity index (χ0) is 20.3. The molecule has 0 saturated heterocycles. The van der Waals surface area contributed by atoms with Crippen LogP contribution in [0.5, 0.6) is 5.75 Å². The smallest absolute Gasteiger partial charge is 0.262 e. The Balaban J connectivity index is 1.71. The van der Waals surface area contributed by atoms with E-state index in [9.17, 15) is 9.59 Å². The molecule has 0 aliphatic carbocycles. The lowest BCUT2D eigenvalue weighted by Crippen LogP contribution is -2.50. The predicted octanol–water partition coefficient (Wildman–Crippen LogP) is 2.94. The molecule has 0 fully saturated rings. The molecule has 1 aliphatic rings. The third-order valence-electron chi connectivity index (χ3n) is 4.77. The van der Waals surface area contributed by atoms with Crippen molar-refractivity contribution in [2.24, 2.45) is 0 Å². The van der Waals surface area contributed by atoms with E-state index in [2.05, 4.69) is 31.4 Å². The highest BCUT2D eigenvalue weighted by atomic mass is 16.5. The van der Waals surface area contributed by atoms with Crippen LogP contribution in [0.2, 0.25) is 0 Å². The topological polar surface area (TPSA) is 70.7 Å². The van der Waals surface area contributed by atoms with Gasteiger partial charge in [-0.2, -0.15) is 0 Å². The number of hydrogen-bond donors (Lipinski definition) is 2. The van der Waals surface area contributed by atoms with E-state index in [-0.39, 0.29) is 23.8 Å². The fraction of sp³-hybridized carbons (Fsp3) is 0.364. The van der Waals surface area contributed by atoms with Crippen LogP contribution in [0.3, 0.4) is 0 Å². The SMILES string of the molecule is CNC(=O)[C@H]1CN(CC(=O)Nc2ccc(C(C)(C)C)cc2)c2ccccc2O1. The first-order chi connectivity index (χ1) is 13.3. The molecule has 1 atom stereocenters. The monoisotopic (exact) mass is 381 g/mol. The third kappa shape index (κ3) is 4.44. The van der Waals surface area contributed by atoms with Crippen LogP contribution in [0.4, 0.5) is 11.4 Å². The maximum absolute atomic E-state index is 12.6. The Morgan fingerprint density at radius 2 is 1.79 bits per heavy atom. The molecule has 0 unspecified atom stereocenters. The van der Waals surface area contributed by atoms with Crippen LogP contribution in [0.25, 0.3) is 0 Å². The highest BCUT2D eigenvalue weighted by Crippen LogP contribution is 2.33. The van der Waals surface area contributed by atoms with Crippen molar-refractivity contribution in [2.75, 3.05) is 30.4 Å². The number of carbonyl (C=O) groups is 2. The first-order valence-corrected chi connectivity index (χ1v) is 9.40. The van der Waals surface area contributed by atoms with Crippen LogP contribution in [0, 0.1) is 0 Å². The van der Waals surface area contributed by atoms with E-state index in [1.165, 1.54) is 5.56 Å². The zero-order valence-corrected chi connectivity index (χ0v) is 16.8. The second-order valence-corrected chi connectivity index (χ2v) is 7.94. The van der Waals surface area contributed by atoms with Gasteiger partial charge in [-0.05, 0) is 35.2 Å². The molecule has 6 nitrogen and oxygen atoms in total. The fourth-order valence-corrected chi connectivity index (χ4v) is 3.18. The summed E-state index contributed by atoms with van der Waals surface area (Å²) >= 11 is 0. The lowest BCUT2D eigenvalue weighted by atomic mass is 9.87. The summed E-state index contributed by atoms with van der Waals surface area (Å²) in [6.45, 7) is 6.90. The standard InChI is InChI=1S/C22H27N3O3/c1-22(2,3)15-9-11-16(12-10-15)24-20(26)14-25-13-19(21(27)23-4)28-18-8-6-5-7-17(18)25/h5-12,19H,13-14H2,1-4H3,(H,23,27)(H,24,26)/t19-/m1/s1. The Morgan fingerprint density at radius 3 is 2.43 bits per heavy atom. The third-order valence-corrected chi connectivity index (χ3v) is 4.77. The first kappa shape index (κ1) is 19.7. The average Bonchev–Trinajstić information content (AvgIpc) is 2.67. The van der Waals surface area contributed by atoms with E-state index in [0.717, 1.165) is 11.4 Å². The minimum atomic E-state index is -0.654. The Hall–Kier alpha value is -3.02. The van der Waals surface area contributed by atoms with Crippen molar-refractivity contribution in [3.8, 4) is 5.75 Å².